The maximum Gasteiger partial charge on any atom is 0.0544 e. The Morgan fingerprint density at radius 2 is 2.29 bits per heavy atom. The molecule has 1 heterocycles. The maximum atomic E-state index is 5.98. The van der Waals surface area contributed by atoms with Crippen LogP contribution in [0.2, 0.25) is 0 Å². The first-order valence-electron chi connectivity index (χ1n) is 4.99. The number of alkyl halides is 1. The standard InChI is InChI=1S/C11H17ClN2/c1-3-10(12)7-13-8-11-6-4-5-9(2)14-11/h4-6,10,13H,3,7-8H2,1-2H3. The van der Waals surface area contributed by atoms with Crippen LogP contribution >= 0.6 is 11.6 Å². The summed E-state index contributed by atoms with van der Waals surface area (Å²) in [6.07, 6.45) is 0.996. The van der Waals surface area contributed by atoms with Gasteiger partial charge in [0.05, 0.1) is 5.69 Å². The predicted octanol–water partition coefficient (Wildman–Crippen LogP) is 2.50. The first kappa shape index (κ1) is 11.5. The van der Waals surface area contributed by atoms with Crippen LogP contribution in [0.3, 0.4) is 0 Å². The van der Waals surface area contributed by atoms with Gasteiger partial charge in [0.15, 0.2) is 0 Å². The Morgan fingerprint density at radius 3 is 2.93 bits per heavy atom. The van der Waals surface area contributed by atoms with Crippen LogP contribution in [-0.4, -0.2) is 16.9 Å². The van der Waals surface area contributed by atoms with Crippen LogP contribution in [-0.2, 0) is 6.54 Å². The van der Waals surface area contributed by atoms with E-state index < -0.39 is 0 Å². The van der Waals surface area contributed by atoms with Gasteiger partial charge in [0.2, 0.25) is 0 Å². The maximum absolute atomic E-state index is 5.98. The van der Waals surface area contributed by atoms with Crippen molar-refractivity contribution in [2.24, 2.45) is 0 Å². The van der Waals surface area contributed by atoms with E-state index in [4.69, 9.17) is 11.6 Å². The van der Waals surface area contributed by atoms with E-state index in [1.807, 2.05) is 25.1 Å². The molecule has 0 radical (unpaired) electrons. The number of halogens is 1. The van der Waals surface area contributed by atoms with Crippen molar-refractivity contribution in [3.63, 3.8) is 0 Å². The van der Waals surface area contributed by atoms with Crippen molar-refractivity contribution in [2.75, 3.05) is 6.54 Å². The third kappa shape index (κ3) is 4.07. The minimum Gasteiger partial charge on any atom is -0.310 e. The van der Waals surface area contributed by atoms with E-state index in [9.17, 15) is 0 Å². The van der Waals surface area contributed by atoms with E-state index in [1.165, 1.54) is 0 Å². The molecule has 0 aliphatic heterocycles. The molecule has 1 aromatic rings. The first-order chi connectivity index (χ1) is 6.72. The summed E-state index contributed by atoms with van der Waals surface area (Å²) in [7, 11) is 0. The van der Waals surface area contributed by atoms with Gasteiger partial charge in [-0.05, 0) is 25.5 Å². The van der Waals surface area contributed by atoms with Crippen molar-refractivity contribution in [3.05, 3.63) is 29.6 Å². The number of nitrogens with zero attached hydrogens (tertiary/aromatic N) is 1. The summed E-state index contributed by atoms with van der Waals surface area (Å²) in [5, 5.41) is 3.51. The Balaban J connectivity index is 2.31. The third-order valence-electron chi connectivity index (χ3n) is 2.06. The summed E-state index contributed by atoms with van der Waals surface area (Å²) in [4.78, 5) is 4.39. The molecular formula is C11H17ClN2. The molecule has 0 aromatic carbocycles. The smallest absolute Gasteiger partial charge is 0.0544 e. The molecule has 2 nitrogen and oxygen atoms in total. The van der Waals surface area contributed by atoms with E-state index >= 15 is 0 Å². The van der Waals surface area contributed by atoms with Crippen molar-refractivity contribution in [1.82, 2.24) is 10.3 Å². The lowest BCUT2D eigenvalue weighted by molar-refractivity contribution is 0.638. The summed E-state index contributed by atoms with van der Waals surface area (Å²) in [6.45, 7) is 5.72. The van der Waals surface area contributed by atoms with Gasteiger partial charge in [-0.3, -0.25) is 4.98 Å². The zero-order valence-corrected chi connectivity index (χ0v) is 9.51. The molecule has 0 saturated carbocycles. The van der Waals surface area contributed by atoms with Gasteiger partial charge in [-0.2, -0.15) is 0 Å². The van der Waals surface area contributed by atoms with Gasteiger partial charge in [0, 0.05) is 24.2 Å². The highest BCUT2D eigenvalue weighted by atomic mass is 35.5. The van der Waals surface area contributed by atoms with E-state index in [1.54, 1.807) is 0 Å². The lowest BCUT2D eigenvalue weighted by Crippen LogP contribution is -2.22. The molecule has 0 amide bonds. The Hall–Kier alpha value is -0.600. The SMILES string of the molecule is CCC(Cl)CNCc1cccc(C)n1. The number of rotatable bonds is 5. The van der Waals surface area contributed by atoms with Gasteiger partial charge >= 0.3 is 0 Å². The van der Waals surface area contributed by atoms with Crippen molar-refractivity contribution >= 4 is 11.6 Å². The largest absolute Gasteiger partial charge is 0.310 e. The normalized spacial score (nSPS) is 12.8. The summed E-state index contributed by atoms with van der Waals surface area (Å²) >= 11 is 5.98. The molecule has 0 saturated heterocycles. The zero-order chi connectivity index (χ0) is 10.4. The van der Waals surface area contributed by atoms with Gasteiger partial charge in [-0.15, -0.1) is 11.6 Å². The first-order valence-corrected chi connectivity index (χ1v) is 5.43. The lowest BCUT2D eigenvalue weighted by atomic mass is 10.3. The molecule has 1 unspecified atom stereocenters. The van der Waals surface area contributed by atoms with Crippen molar-refractivity contribution in [2.45, 2.75) is 32.2 Å². The summed E-state index contributed by atoms with van der Waals surface area (Å²) < 4.78 is 0. The fourth-order valence-electron chi connectivity index (χ4n) is 1.20. The molecule has 0 bridgehead atoms. The van der Waals surface area contributed by atoms with Crippen molar-refractivity contribution in [1.29, 1.82) is 0 Å². The predicted molar refractivity (Wildman–Crippen MR) is 60.6 cm³/mol. The lowest BCUT2D eigenvalue weighted by Gasteiger charge is -2.08. The monoisotopic (exact) mass is 212 g/mol. The van der Waals surface area contributed by atoms with Crippen molar-refractivity contribution < 1.29 is 0 Å². The Morgan fingerprint density at radius 1 is 1.50 bits per heavy atom. The molecule has 1 N–H and O–H groups in total. The molecule has 0 aliphatic rings. The molecule has 0 fully saturated rings. The minimum atomic E-state index is 0.222. The number of aryl methyl sites for hydroxylation is 1. The van der Waals surface area contributed by atoms with Crippen LogP contribution in [0, 0.1) is 6.92 Å². The number of hydrogen-bond donors (Lipinski definition) is 1. The molecule has 1 rings (SSSR count). The number of hydrogen-bond acceptors (Lipinski definition) is 2. The van der Waals surface area contributed by atoms with Crippen LogP contribution in [0.4, 0.5) is 0 Å². The highest BCUT2D eigenvalue weighted by Gasteiger charge is 2.00. The average molecular weight is 213 g/mol. The van der Waals surface area contributed by atoms with Gasteiger partial charge < -0.3 is 5.32 Å². The Kier molecular flexibility index (Phi) is 4.91. The van der Waals surface area contributed by atoms with E-state index in [-0.39, 0.29) is 5.38 Å². The molecular weight excluding hydrogens is 196 g/mol. The Bertz CT molecular complexity index is 276. The van der Waals surface area contributed by atoms with Crippen molar-refractivity contribution in [3.8, 4) is 0 Å². The summed E-state index contributed by atoms with van der Waals surface area (Å²) in [6, 6.07) is 6.05. The molecule has 14 heavy (non-hydrogen) atoms. The van der Waals surface area contributed by atoms with Crippen LogP contribution in [0.1, 0.15) is 24.7 Å². The van der Waals surface area contributed by atoms with Gasteiger partial charge in [0.25, 0.3) is 0 Å². The number of pyridine rings is 1. The number of nitrogens with one attached hydrogen (secondary N) is 1. The van der Waals surface area contributed by atoms with E-state index in [2.05, 4.69) is 17.2 Å². The fourth-order valence-corrected chi connectivity index (χ4v) is 1.31. The average Bonchev–Trinajstić information content (AvgIpc) is 2.17. The highest BCUT2D eigenvalue weighted by Crippen LogP contribution is 2.00. The van der Waals surface area contributed by atoms with Crippen LogP contribution in [0.15, 0.2) is 18.2 Å². The molecule has 1 atom stereocenters. The highest BCUT2D eigenvalue weighted by molar-refractivity contribution is 6.20. The molecule has 78 valence electrons. The van der Waals surface area contributed by atoms with Gasteiger partial charge in [-0.1, -0.05) is 13.0 Å². The second kappa shape index (κ2) is 5.99. The quantitative estimate of drug-likeness (QED) is 0.759. The topological polar surface area (TPSA) is 24.9 Å². The zero-order valence-electron chi connectivity index (χ0n) is 8.76. The second-order valence-electron chi connectivity index (χ2n) is 3.41. The fraction of sp³-hybridized carbons (Fsp3) is 0.545. The molecule has 1 aromatic heterocycles. The van der Waals surface area contributed by atoms with E-state index in [0.29, 0.717) is 0 Å². The van der Waals surface area contributed by atoms with Crippen LogP contribution in [0.25, 0.3) is 0 Å². The summed E-state index contributed by atoms with van der Waals surface area (Å²) in [5.74, 6) is 0. The Labute approximate surface area is 90.7 Å². The third-order valence-corrected chi connectivity index (χ3v) is 2.52. The summed E-state index contributed by atoms with van der Waals surface area (Å²) in [5.41, 5.74) is 2.13. The van der Waals surface area contributed by atoms with E-state index in [0.717, 1.165) is 30.9 Å². The number of aromatic nitrogens is 1. The minimum absolute atomic E-state index is 0.222. The van der Waals surface area contributed by atoms with Crippen LogP contribution < -0.4 is 5.32 Å². The van der Waals surface area contributed by atoms with Gasteiger partial charge in [-0.25, -0.2) is 0 Å². The van der Waals surface area contributed by atoms with Gasteiger partial charge in [0.1, 0.15) is 0 Å². The molecule has 0 aliphatic carbocycles. The molecule has 0 spiro atoms. The van der Waals surface area contributed by atoms with Crippen LogP contribution in [0.5, 0.6) is 0 Å². The second-order valence-corrected chi connectivity index (χ2v) is 4.02. The molecule has 3 heteroatoms.